The monoisotopic (exact) mass is 417 g/mol. The normalized spacial score (nSPS) is 41.9. The highest BCUT2D eigenvalue weighted by molar-refractivity contribution is 7.45. The quantitative estimate of drug-likeness (QED) is 0.220. The molecule has 24 heavy (non-hydrogen) atoms. The smallest absolute Gasteiger partial charge is 0.265 e. The molecule has 0 aromatic heterocycles. The second kappa shape index (κ2) is 7.45. The van der Waals surface area contributed by atoms with Gasteiger partial charge in [0.25, 0.3) is 23.5 Å². The summed E-state index contributed by atoms with van der Waals surface area (Å²) >= 11 is 0. The minimum Gasteiger partial charge on any atom is -0.756 e. The van der Waals surface area contributed by atoms with Crippen molar-refractivity contribution < 1.29 is 71.9 Å². The number of hydrogen-bond acceptors (Lipinski definition) is 12. The van der Waals surface area contributed by atoms with Crippen LogP contribution in [0, 0.1) is 0 Å². The van der Waals surface area contributed by atoms with E-state index in [0.29, 0.717) is 0 Å². The summed E-state index contributed by atoms with van der Waals surface area (Å²) in [5.74, 6) is 0. The molecule has 144 valence electrons. The van der Waals surface area contributed by atoms with Gasteiger partial charge in [-0.25, -0.2) is 0 Å². The molecular formula is C6H12O15P3-3. The van der Waals surface area contributed by atoms with E-state index in [4.69, 9.17) is 14.7 Å². The largest absolute Gasteiger partial charge is 0.756 e. The Bertz CT molecular complexity index is 574. The van der Waals surface area contributed by atoms with E-state index in [9.17, 15) is 43.7 Å². The first-order valence-electron chi connectivity index (χ1n) is 5.72. The fourth-order valence-electron chi connectivity index (χ4n) is 2.00. The highest BCUT2D eigenvalue weighted by Crippen LogP contribution is 2.45. The first-order chi connectivity index (χ1) is 10.5. The Hall–Kier alpha value is 0.210. The van der Waals surface area contributed by atoms with Crippen molar-refractivity contribution in [3.05, 3.63) is 0 Å². The molecule has 0 radical (unpaired) electrons. The highest BCUT2D eigenvalue weighted by atomic mass is 31.2. The van der Waals surface area contributed by atoms with Crippen LogP contribution in [0.15, 0.2) is 0 Å². The number of phosphoric ester groups is 3. The van der Waals surface area contributed by atoms with Crippen LogP contribution >= 0.6 is 23.5 Å². The zero-order valence-electron chi connectivity index (χ0n) is 11.2. The van der Waals surface area contributed by atoms with Crippen molar-refractivity contribution in [3.8, 4) is 0 Å². The Morgan fingerprint density at radius 1 is 0.583 bits per heavy atom. The standard InChI is InChI=1S/C6H15O15P3/c7-1-2(8)5(20-23(13,14)15)6(21-24(16,17)18)3(9)4(1)19-22(10,11)12/h1-9H,(H2,10,11,12)(H2,13,14,15)(H2,16,17,18)/p-3/t1-,2+,3-,4+,5+,6+/m0/s1. The summed E-state index contributed by atoms with van der Waals surface area (Å²) in [6, 6.07) is 0. The predicted molar refractivity (Wildman–Crippen MR) is 62.1 cm³/mol. The minimum atomic E-state index is -5.72. The van der Waals surface area contributed by atoms with Gasteiger partial charge < -0.3 is 58.3 Å². The molecule has 1 aliphatic carbocycles. The predicted octanol–water partition coefficient (Wildman–Crippen LogP) is -5.38. The molecule has 3 unspecified atom stereocenters. The number of hydrogen-bond donors (Lipinski definition) is 6. The van der Waals surface area contributed by atoms with Crippen molar-refractivity contribution >= 4 is 23.5 Å². The van der Waals surface area contributed by atoms with E-state index in [-0.39, 0.29) is 0 Å². The van der Waals surface area contributed by atoms with Gasteiger partial charge in [0, 0.05) is 0 Å². The van der Waals surface area contributed by atoms with E-state index >= 15 is 0 Å². The topological polar surface area (TPSA) is 269 Å². The van der Waals surface area contributed by atoms with Crippen LogP contribution in [0.3, 0.4) is 0 Å². The molecule has 15 nitrogen and oxygen atoms in total. The zero-order chi connectivity index (χ0) is 19.1. The van der Waals surface area contributed by atoms with Gasteiger partial charge in [-0.3, -0.25) is 13.7 Å². The number of aliphatic hydroxyl groups excluding tert-OH is 3. The van der Waals surface area contributed by atoms with Crippen LogP contribution in [0.2, 0.25) is 0 Å². The van der Waals surface area contributed by atoms with Gasteiger partial charge in [0.1, 0.15) is 36.6 Å². The lowest BCUT2D eigenvalue weighted by Crippen LogP contribution is -2.65. The summed E-state index contributed by atoms with van der Waals surface area (Å²) in [5, 5.41) is 29.1. The molecule has 9 atom stereocenters. The van der Waals surface area contributed by atoms with E-state index in [1.165, 1.54) is 0 Å². The lowest BCUT2D eigenvalue weighted by Gasteiger charge is -2.47. The van der Waals surface area contributed by atoms with Gasteiger partial charge in [-0.15, -0.1) is 0 Å². The lowest BCUT2D eigenvalue weighted by molar-refractivity contribution is -0.278. The maximum Gasteiger partial charge on any atom is 0.265 e. The van der Waals surface area contributed by atoms with Crippen molar-refractivity contribution in [1.29, 1.82) is 0 Å². The van der Waals surface area contributed by atoms with E-state index in [0.717, 1.165) is 0 Å². The molecular weight excluding hydrogens is 405 g/mol. The van der Waals surface area contributed by atoms with E-state index in [2.05, 4.69) is 13.6 Å². The molecule has 18 heteroatoms. The molecule has 0 saturated heterocycles. The molecule has 1 fully saturated rings. The third kappa shape index (κ3) is 6.50. The Morgan fingerprint density at radius 3 is 1.17 bits per heavy atom. The van der Waals surface area contributed by atoms with Crippen molar-refractivity contribution in [2.75, 3.05) is 0 Å². The molecule has 0 heterocycles. The maximum absolute atomic E-state index is 10.8. The number of phosphoric acid groups is 3. The molecule has 0 bridgehead atoms. The van der Waals surface area contributed by atoms with Crippen molar-refractivity contribution in [3.63, 3.8) is 0 Å². The summed E-state index contributed by atoms with van der Waals surface area (Å²) in [4.78, 5) is 58.0. The molecule has 0 aromatic carbocycles. The van der Waals surface area contributed by atoms with E-state index in [1.807, 2.05) is 0 Å². The van der Waals surface area contributed by atoms with Gasteiger partial charge in [0.05, 0.1) is 0 Å². The Kier molecular flexibility index (Phi) is 6.90. The maximum atomic E-state index is 10.8. The Morgan fingerprint density at radius 2 is 0.833 bits per heavy atom. The SMILES string of the molecule is O=P([O-])(O)O[C@@H]1[C@@H](O)[C@@H](O)[C@@H](OP(=O)([O-])O)[C@H](OP(=O)([O-])O)[C@H]1O. The molecule has 0 aliphatic heterocycles. The first-order valence-corrected chi connectivity index (χ1v) is 10.2. The average Bonchev–Trinajstić information content (AvgIpc) is 2.32. The summed E-state index contributed by atoms with van der Waals surface area (Å²) in [7, 11) is -17.0. The van der Waals surface area contributed by atoms with Gasteiger partial charge in [0.2, 0.25) is 0 Å². The fourth-order valence-corrected chi connectivity index (χ4v) is 3.66. The number of aliphatic hydroxyl groups is 3. The molecule has 1 rings (SSSR count). The summed E-state index contributed by atoms with van der Waals surface area (Å²) < 4.78 is 43.9. The zero-order valence-corrected chi connectivity index (χ0v) is 13.8. The van der Waals surface area contributed by atoms with E-state index in [1.54, 1.807) is 0 Å². The third-order valence-corrected chi connectivity index (χ3v) is 4.31. The van der Waals surface area contributed by atoms with Crippen LogP contribution in [0.5, 0.6) is 0 Å². The second-order valence-corrected chi connectivity index (χ2v) is 8.03. The van der Waals surface area contributed by atoms with Gasteiger partial charge in [-0.1, -0.05) is 0 Å². The van der Waals surface area contributed by atoms with Crippen molar-refractivity contribution in [2.45, 2.75) is 36.6 Å². The molecule has 0 aromatic rings. The van der Waals surface area contributed by atoms with Crippen LogP contribution in [0.1, 0.15) is 0 Å². The van der Waals surface area contributed by atoms with Crippen LogP contribution in [-0.2, 0) is 27.3 Å². The van der Waals surface area contributed by atoms with Gasteiger partial charge in [-0.2, -0.15) is 0 Å². The molecule has 6 N–H and O–H groups in total. The van der Waals surface area contributed by atoms with Crippen LogP contribution in [0.4, 0.5) is 0 Å². The highest BCUT2D eigenvalue weighted by Gasteiger charge is 2.54. The van der Waals surface area contributed by atoms with Crippen LogP contribution in [0.25, 0.3) is 0 Å². The molecule has 1 aliphatic rings. The number of rotatable bonds is 6. The van der Waals surface area contributed by atoms with Crippen LogP contribution in [-0.4, -0.2) is 66.6 Å². The Balaban J connectivity index is 3.23. The van der Waals surface area contributed by atoms with Crippen LogP contribution < -0.4 is 14.7 Å². The molecule has 0 amide bonds. The fraction of sp³-hybridized carbons (Fsp3) is 1.00. The summed E-state index contributed by atoms with van der Waals surface area (Å²) in [6.45, 7) is 0. The van der Waals surface area contributed by atoms with Crippen molar-refractivity contribution in [1.82, 2.24) is 0 Å². The summed E-state index contributed by atoms with van der Waals surface area (Å²) in [5.41, 5.74) is 0. The van der Waals surface area contributed by atoms with E-state index < -0.39 is 60.1 Å². The molecule has 1 saturated carbocycles. The lowest BCUT2D eigenvalue weighted by atomic mass is 9.85. The molecule has 0 spiro atoms. The van der Waals surface area contributed by atoms with Gasteiger partial charge >= 0.3 is 0 Å². The van der Waals surface area contributed by atoms with Gasteiger partial charge in [0.15, 0.2) is 0 Å². The first kappa shape index (κ1) is 22.3. The Labute approximate surface area is 133 Å². The minimum absolute atomic E-state index is 2.44. The average molecular weight is 417 g/mol. The van der Waals surface area contributed by atoms with Gasteiger partial charge in [-0.05, 0) is 0 Å². The third-order valence-electron chi connectivity index (χ3n) is 2.78. The van der Waals surface area contributed by atoms with Crippen molar-refractivity contribution in [2.24, 2.45) is 0 Å². The summed E-state index contributed by atoms with van der Waals surface area (Å²) in [6.07, 6.45) is -15.0. The second-order valence-electron chi connectivity index (χ2n) is 4.59.